The summed E-state index contributed by atoms with van der Waals surface area (Å²) in [7, 11) is 0. The van der Waals surface area contributed by atoms with Crippen LogP contribution in [0.5, 0.6) is 0 Å². The molecule has 1 rings (SSSR count). The first-order chi connectivity index (χ1) is 9.11. The summed E-state index contributed by atoms with van der Waals surface area (Å²) in [6, 6.07) is -1.47. The molecule has 0 aliphatic carbocycles. The highest BCUT2D eigenvalue weighted by molar-refractivity contribution is 7.13. The predicted octanol–water partition coefficient (Wildman–Crippen LogP) is 2.67. The number of hydrogen-bond donors (Lipinski definition) is 3. The molecule has 0 radical (unpaired) electrons. The van der Waals surface area contributed by atoms with Crippen molar-refractivity contribution in [3.63, 3.8) is 0 Å². The van der Waals surface area contributed by atoms with Crippen LogP contribution in [0.2, 0.25) is 0 Å². The van der Waals surface area contributed by atoms with Gasteiger partial charge in [-0.1, -0.05) is 34.6 Å². The minimum Gasteiger partial charge on any atom is -0.480 e. The molecule has 0 aromatic carbocycles. The summed E-state index contributed by atoms with van der Waals surface area (Å²) in [6.45, 7) is 9.57. The van der Waals surface area contributed by atoms with Crippen molar-refractivity contribution < 1.29 is 14.7 Å². The first-order valence-electron chi connectivity index (χ1n) is 6.37. The lowest BCUT2D eigenvalue weighted by atomic mass is 9.93. The second-order valence-corrected chi connectivity index (χ2v) is 6.80. The van der Waals surface area contributed by atoms with Crippen LogP contribution in [0.1, 0.15) is 40.3 Å². The van der Waals surface area contributed by atoms with Crippen molar-refractivity contribution in [1.29, 1.82) is 0 Å². The van der Waals surface area contributed by atoms with Crippen LogP contribution in [0.15, 0.2) is 5.38 Å². The van der Waals surface area contributed by atoms with E-state index < -0.39 is 18.0 Å². The average molecular weight is 299 g/mol. The van der Waals surface area contributed by atoms with Crippen molar-refractivity contribution >= 4 is 28.5 Å². The van der Waals surface area contributed by atoms with Gasteiger partial charge in [-0.2, -0.15) is 0 Å². The zero-order valence-electron chi connectivity index (χ0n) is 12.4. The van der Waals surface area contributed by atoms with Crippen LogP contribution in [0.25, 0.3) is 0 Å². The van der Waals surface area contributed by atoms with Crippen LogP contribution in [0, 0.1) is 5.92 Å². The Labute approximate surface area is 122 Å². The summed E-state index contributed by atoms with van der Waals surface area (Å²) in [4.78, 5) is 27.1. The van der Waals surface area contributed by atoms with E-state index in [1.807, 2.05) is 26.2 Å². The largest absolute Gasteiger partial charge is 0.480 e. The third kappa shape index (κ3) is 4.48. The van der Waals surface area contributed by atoms with Gasteiger partial charge < -0.3 is 10.4 Å². The molecule has 0 spiro atoms. The fourth-order valence-corrected chi connectivity index (χ4v) is 2.40. The smallest absolute Gasteiger partial charge is 0.326 e. The molecule has 0 aliphatic heterocycles. The SMILES string of the molecule is CC(C)C(NC(=O)Nc1nc(C(C)(C)C)cs1)C(=O)O. The van der Waals surface area contributed by atoms with Gasteiger partial charge in [0.15, 0.2) is 5.13 Å². The molecule has 1 aromatic heterocycles. The Morgan fingerprint density at radius 3 is 2.35 bits per heavy atom. The number of carbonyl (C=O) groups excluding carboxylic acids is 1. The van der Waals surface area contributed by atoms with Crippen molar-refractivity contribution in [2.24, 2.45) is 5.92 Å². The predicted molar refractivity (Wildman–Crippen MR) is 79.2 cm³/mol. The van der Waals surface area contributed by atoms with Gasteiger partial charge in [-0.05, 0) is 5.92 Å². The standard InChI is InChI=1S/C13H21N3O3S/c1-7(2)9(10(17)18)15-11(19)16-12-14-8(6-20-12)13(3,4)5/h6-7,9H,1-5H3,(H,17,18)(H2,14,15,16,19). The molecular weight excluding hydrogens is 278 g/mol. The van der Waals surface area contributed by atoms with E-state index >= 15 is 0 Å². The highest BCUT2D eigenvalue weighted by atomic mass is 32.1. The lowest BCUT2D eigenvalue weighted by Gasteiger charge is -2.17. The Kier molecular flexibility index (Phi) is 5.10. The molecule has 3 N–H and O–H groups in total. The van der Waals surface area contributed by atoms with Crippen molar-refractivity contribution in [2.75, 3.05) is 5.32 Å². The van der Waals surface area contributed by atoms with E-state index in [0.717, 1.165) is 5.69 Å². The topological polar surface area (TPSA) is 91.3 Å². The van der Waals surface area contributed by atoms with E-state index in [0.29, 0.717) is 5.13 Å². The normalized spacial score (nSPS) is 13.1. The number of nitrogens with one attached hydrogen (secondary N) is 2. The minimum absolute atomic E-state index is 0.0889. The maximum Gasteiger partial charge on any atom is 0.326 e. The van der Waals surface area contributed by atoms with Crippen molar-refractivity contribution in [3.8, 4) is 0 Å². The Hall–Kier alpha value is -1.63. The molecule has 6 nitrogen and oxygen atoms in total. The second kappa shape index (κ2) is 6.21. The monoisotopic (exact) mass is 299 g/mol. The van der Waals surface area contributed by atoms with Gasteiger partial charge in [0.25, 0.3) is 0 Å². The maximum atomic E-state index is 11.8. The number of rotatable bonds is 4. The van der Waals surface area contributed by atoms with E-state index in [-0.39, 0.29) is 11.3 Å². The number of carboxylic acid groups (broad SMARTS) is 1. The van der Waals surface area contributed by atoms with E-state index in [2.05, 4.69) is 15.6 Å². The molecule has 1 aromatic rings. The van der Waals surface area contributed by atoms with E-state index in [4.69, 9.17) is 5.11 Å². The van der Waals surface area contributed by atoms with Crippen LogP contribution in [-0.4, -0.2) is 28.1 Å². The molecule has 0 bridgehead atoms. The molecule has 1 heterocycles. The molecule has 7 heteroatoms. The molecule has 1 unspecified atom stereocenters. The number of hydrogen-bond acceptors (Lipinski definition) is 4. The lowest BCUT2D eigenvalue weighted by Crippen LogP contribution is -2.46. The maximum absolute atomic E-state index is 11.8. The van der Waals surface area contributed by atoms with Crippen LogP contribution in [-0.2, 0) is 10.2 Å². The Bertz CT molecular complexity index is 491. The lowest BCUT2D eigenvalue weighted by molar-refractivity contribution is -0.140. The minimum atomic E-state index is -1.05. The van der Waals surface area contributed by atoms with Gasteiger partial charge in [-0.3, -0.25) is 5.32 Å². The summed E-state index contributed by atoms with van der Waals surface area (Å²) in [5.74, 6) is -1.25. The van der Waals surface area contributed by atoms with Crippen molar-refractivity contribution in [1.82, 2.24) is 10.3 Å². The number of thiazole rings is 1. The first-order valence-corrected chi connectivity index (χ1v) is 7.25. The Morgan fingerprint density at radius 1 is 1.35 bits per heavy atom. The summed E-state index contributed by atoms with van der Waals surface area (Å²) < 4.78 is 0. The highest BCUT2D eigenvalue weighted by Crippen LogP contribution is 2.26. The molecule has 0 saturated heterocycles. The number of urea groups is 1. The highest BCUT2D eigenvalue weighted by Gasteiger charge is 2.24. The van der Waals surface area contributed by atoms with Gasteiger partial charge in [0.1, 0.15) is 6.04 Å². The zero-order chi connectivity index (χ0) is 15.5. The van der Waals surface area contributed by atoms with Gasteiger partial charge >= 0.3 is 12.0 Å². The third-order valence-corrected chi connectivity index (χ3v) is 3.47. The van der Waals surface area contributed by atoms with Crippen LogP contribution in [0.3, 0.4) is 0 Å². The zero-order valence-corrected chi connectivity index (χ0v) is 13.2. The van der Waals surface area contributed by atoms with E-state index in [1.165, 1.54) is 11.3 Å². The molecule has 0 saturated carbocycles. The number of nitrogens with zero attached hydrogens (tertiary/aromatic N) is 1. The van der Waals surface area contributed by atoms with Gasteiger partial charge in [0.05, 0.1) is 5.69 Å². The van der Waals surface area contributed by atoms with E-state index in [1.54, 1.807) is 13.8 Å². The van der Waals surface area contributed by atoms with Gasteiger partial charge in [0, 0.05) is 10.8 Å². The fraction of sp³-hybridized carbons (Fsp3) is 0.615. The average Bonchev–Trinajstić information content (AvgIpc) is 2.73. The summed E-state index contributed by atoms with van der Waals surface area (Å²) in [6.07, 6.45) is 0. The van der Waals surface area contributed by atoms with Crippen LogP contribution in [0.4, 0.5) is 9.93 Å². The van der Waals surface area contributed by atoms with Gasteiger partial charge in [-0.15, -0.1) is 11.3 Å². The summed E-state index contributed by atoms with van der Waals surface area (Å²) in [5.41, 5.74) is 0.797. The van der Waals surface area contributed by atoms with E-state index in [9.17, 15) is 9.59 Å². The van der Waals surface area contributed by atoms with Gasteiger partial charge in [0.2, 0.25) is 0 Å². The summed E-state index contributed by atoms with van der Waals surface area (Å²) in [5, 5.41) is 16.4. The quantitative estimate of drug-likeness (QED) is 0.797. The van der Waals surface area contributed by atoms with Crippen molar-refractivity contribution in [2.45, 2.75) is 46.1 Å². The molecule has 2 amide bonds. The molecule has 0 aliphatic rings. The van der Waals surface area contributed by atoms with Gasteiger partial charge in [-0.25, -0.2) is 14.6 Å². The Balaban J connectivity index is 2.67. The van der Waals surface area contributed by atoms with Crippen molar-refractivity contribution in [3.05, 3.63) is 11.1 Å². The fourth-order valence-electron chi connectivity index (χ4n) is 1.46. The second-order valence-electron chi connectivity index (χ2n) is 5.95. The van der Waals surface area contributed by atoms with Crippen LogP contribution >= 0.6 is 11.3 Å². The number of aromatic nitrogens is 1. The third-order valence-electron chi connectivity index (χ3n) is 2.71. The number of aliphatic carboxylic acids is 1. The molecule has 1 atom stereocenters. The molecular formula is C13H21N3O3S. The Morgan fingerprint density at radius 2 is 1.95 bits per heavy atom. The number of carbonyl (C=O) groups is 2. The molecule has 0 fully saturated rings. The number of amides is 2. The molecule has 112 valence electrons. The number of carboxylic acids is 1. The number of anilines is 1. The first kappa shape index (κ1) is 16.4. The summed E-state index contributed by atoms with van der Waals surface area (Å²) >= 11 is 1.32. The molecule has 20 heavy (non-hydrogen) atoms. The van der Waals surface area contributed by atoms with Crippen LogP contribution < -0.4 is 10.6 Å².